The minimum atomic E-state index is -0.520. The molecule has 0 radical (unpaired) electrons. The third-order valence-electron chi connectivity index (χ3n) is 4.72. The molecule has 2 aromatic carbocycles. The Hall–Kier alpha value is -2.04. The third-order valence-corrected chi connectivity index (χ3v) is 4.72. The van der Waals surface area contributed by atoms with E-state index in [1.165, 1.54) is 11.1 Å². The second kappa shape index (κ2) is 8.88. The first kappa shape index (κ1) is 17.8. The van der Waals surface area contributed by atoms with Crippen molar-refractivity contribution >= 4 is 0 Å². The van der Waals surface area contributed by atoms with Crippen LogP contribution in [-0.2, 0) is 12.8 Å². The number of hydrogen-bond donors (Lipinski definition) is 2. The average Bonchev–Trinajstić information content (AvgIpc) is 2.87. The lowest BCUT2D eigenvalue weighted by Crippen LogP contribution is -2.39. The number of rotatable bonds is 7. The smallest absolute Gasteiger partial charge is 0.122 e. The summed E-state index contributed by atoms with van der Waals surface area (Å²) in [6, 6.07) is 16.3. The van der Waals surface area contributed by atoms with Crippen molar-refractivity contribution in [3.8, 4) is 11.5 Å². The van der Waals surface area contributed by atoms with Gasteiger partial charge in [0, 0.05) is 12.6 Å². The van der Waals surface area contributed by atoms with Crippen molar-refractivity contribution in [3.05, 3.63) is 59.7 Å². The molecule has 0 spiro atoms. The number of nitrogens with one attached hydrogen (secondary N) is 1. The molecule has 0 fully saturated rings. The summed E-state index contributed by atoms with van der Waals surface area (Å²) in [4.78, 5) is 0. The van der Waals surface area contributed by atoms with Crippen molar-refractivity contribution in [2.45, 2.75) is 37.8 Å². The maximum atomic E-state index is 10.2. The van der Waals surface area contributed by atoms with Crippen LogP contribution in [0, 0.1) is 0 Å². The lowest BCUT2D eigenvalue weighted by molar-refractivity contribution is 0.103. The summed E-state index contributed by atoms with van der Waals surface area (Å²) < 4.78 is 11.1. The van der Waals surface area contributed by atoms with Crippen molar-refractivity contribution < 1.29 is 14.6 Å². The fraction of sp³-hybridized carbons (Fsp3) is 0.429. The Morgan fingerprint density at radius 3 is 2.80 bits per heavy atom. The minimum absolute atomic E-state index is 0.300. The fourth-order valence-corrected chi connectivity index (χ4v) is 3.42. The van der Waals surface area contributed by atoms with E-state index in [1.807, 2.05) is 36.4 Å². The van der Waals surface area contributed by atoms with Gasteiger partial charge < -0.3 is 19.9 Å². The molecule has 0 aromatic heterocycles. The first-order valence-electron chi connectivity index (χ1n) is 9.00. The highest BCUT2D eigenvalue weighted by atomic mass is 16.5. The highest BCUT2D eigenvalue weighted by Gasteiger charge is 2.19. The molecule has 0 amide bonds. The second-order valence-corrected chi connectivity index (χ2v) is 6.58. The molecule has 3 rings (SSSR count). The van der Waals surface area contributed by atoms with E-state index >= 15 is 0 Å². The summed E-state index contributed by atoms with van der Waals surface area (Å²) >= 11 is 0. The van der Waals surface area contributed by atoms with Crippen LogP contribution in [0.3, 0.4) is 0 Å². The molecule has 2 atom stereocenters. The van der Waals surface area contributed by atoms with E-state index in [9.17, 15) is 5.11 Å². The molecule has 1 aliphatic carbocycles. The van der Waals surface area contributed by atoms with E-state index in [0.717, 1.165) is 37.2 Å². The average molecular weight is 341 g/mol. The highest BCUT2D eigenvalue weighted by Crippen LogP contribution is 2.28. The number of ether oxygens (including phenoxy) is 2. The van der Waals surface area contributed by atoms with Crippen molar-refractivity contribution in [1.82, 2.24) is 5.32 Å². The zero-order valence-corrected chi connectivity index (χ0v) is 14.8. The molecular formula is C21H27NO3. The fourth-order valence-electron chi connectivity index (χ4n) is 3.42. The van der Waals surface area contributed by atoms with Crippen LogP contribution in [0.25, 0.3) is 0 Å². The van der Waals surface area contributed by atoms with Crippen molar-refractivity contribution in [3.63, 3.8) is 0 Å². The van der Waals surface area contributed by atoms with Crippen molar-refractivity contribution in [2.24, 2.45) is 0 Å². The number of hydrogen-bond acceptors (Lipinski definition) is 4. The van der Waals surface area contributed by atoms with Crippen LogP contribution in [-0.4, -0.2) is 37.5 Å². The largest absolute Gasteiger partial charge is 0.496 e. The second-order valence-electron chi connectivity index (χ2n) is 6.58. The summed E-state index contributed by atoms with van der Waals surface area (Å²) in [6.45, 7) is 0.838. The van der Waals surface area contributed by atoms with Gasteiger partial charge in [-0.2, -0.15) is 0 Å². The van der Waals surface area contributed by atoms with Gasteiger partial charge in [-0.3, -0.25) is 0 Å². The Balaban J connectivity index is 1.49. The van der Waals surface area contributed by atoms with Crippen LogP contribution < -0.4 is 14.8 Å². The van der Waals surface area contributed by atoms with Crippen molar-refractivity contribution in [1.29, 1.82) is 0 Å². The van der Waals surface area contributed by atoms with Crippen LogP contribution in [0.2, 0.25) is 0 Å². The van der Waals surface area contributed by atoms with E-state index in [-0.39, 0.29) is 0 Å². The summed E-state index contributed by atoms with van der Waals surface area (Å²) in [6.07, 6.45) is 3.73. The van der Waals surface area contributed by atoms with Crippen LogP contribution in [0.4, 0.5) is 0 Å². The maximum absolute atomic E-state index is 10.2. The van der Waals surface area contributed by atoms with Gasteiger partial charge in [0.1, 0.15) is 24.2 Å². The van der Waals surface area contributed by atoms with Gasteiger partial charge in [-0.05, 0) is 55.0 Å². The van der Waals surface area contributed by atoms with Crippen LogP contribution >= 0.6 is 0 Å². The first-order chi connectivity index (χ1) is 12.3. The summed E-state index contributed by atoms with van der Waals surface area (Å²) in [7, 11) is 1.74. The highest BCUT2D eigenvalue weighted by molar-refractivity contribution is 5.41. The molecule has 0 aliphatic heterocycles. The Morgan fingerprint density at radius 2 is 2.00 bits per heavy atom. The molecule has 0 heterocycles. The number of methoxy groups -OCH3 is 1. The minimum Gasteiger partial charge on any atom is -0.496 e. The van der Waals surface area contributed by atoms with Gasteiger partial charge in [-0.25, -0.2) is 0 Å². The van der Waals surface area contributed by atoms with Gasteiger partial charge in [-0.1, -0.05) is 30.3 Å². The number of benzene rings is 2. The number of aliphatic hydroxyl groups is 1. The summed E-state index contributed by atoms with van der Waals surface area (Å²) in [5.41, 5.74) is 2.69. The SMILES string of the molecule is COc1cccc2c1CCCC(NC[C@H](O)COc1ccccc1)C2. The normalized spacial score (nSPS) is 18.1. The zero-order valence-electron chi connectivity index (χ0n) is 14.8. The molecule has 0 saturated carbocycles. The molecule has 2 aromatic rings. The maximum Gasteiger partial charge on any atom is 0.122 e. The van der Waals surface area contributed by atoms with E-state index in [1.54, 1.807) is 7.11 Å². The molecule has 2 N–H and O–H groups in total. The van der Waals surface area contributed by atoms with Gasteiger partial charge in [0.05, 0.1) is 7.11 Å². The Bertz CT molecular complexity index is 659. The topological polar surface area (TPSA) is 50.7 Å². The quantitative estimate of drug-likeness (QED) is 0.760. The summed E-state index contributed by atoms with van der Waals surface area (Å²) in [5, 5.41) is 13.7. The molecule has 0 bridgehead atoms. The van der Waals surface area contributed by atoms with E-state index < -0.39 is 6.10 Å². The third kappa shape index (κ3) is 4.97. The predicted octanol–water partition coefficient (Wildman–Crippen LogP) is 2.97. The van der Waals surface area contributed by atoms with Crippen LogP contribution in [0.1, 0.15) is 24.0 Å². The van der Waals surface area contributed by atoms with Crippen molar-refractivity contribution in [2.75, 3.05) is 20.3 Å². The lowest BCUT2D eigenvalue weighted by Gasteiger charge is -2.20. The zero-order chi connectivity index (χ0) is 17.5. The molecule has 1 unspecified atom stereocenters. The van der Waals surface area contributed by atoms with Crippen LogP contribution in [0.15, 0.2) is 48.5 Å². The Kier molecular flexibility index (Phi) is 6.31. The molecule has 25 heavy (non-hydrogen) atoms. The predicted molar refractivity (Wildman–Crippen MR) is 99.4 cm³/mol. The van der Waals surface area contributed by atoms with E-state index in [2.05, 4.69) is 17.4 Å². The molecule has 1 aliphatic rings. The van der Waals surface area contributed by atoms with Gasteiger partial charge in [0.2, 0.25) is 0 Å². The van der Waals surface area contributed by atoms with Gasteiger partial charge in [-0.15, -0.1) is 0 Å². The summed E-state index contributed by atoms with van der Waals surface area (Å²) in [5.74, 6) is 1.78. The molecule has 4 heteroatoms. The Morgan fingerprint density at radius 1 is 1.16 bits per heavy atom. The molecule has 134 valence electrons. The first-order valence-corrected chi connectivity index (χ1v) is 9.00. The van der Waals surface area contributed by atoms with Crippen LogP contribution in [0.5, 0.6) is 11.5 Å². The molecule has 4 nitrogen and oxygen atoms in total. The number of fused-ring (bicyclic) bond motifs is 1. The Labute approximate surface area is 149 Å². The number of aliphatic hydroxyl groups excluding tert-OH is 1. The number of para-hydroxylation sites is 1. The van der Waals surface area contributed by atoms with E-state index in [4.69, 9.17) is 9.47 Å². The van der Waals surface area contributed by atoms with E-state index in [0.29, 0.717) is 19.2 Å². The monoisotopic (exact) mass is 341 g/mol. The van der Waals surface area contributed by atoms with Gasteiger partial charge in [0.15, 0.2) is 0 Å². The standard InChI is InChI=1S/C21H27NO3/c1-24-21-12-5-7-16-13-17(8-6-11-20(16)21)22-14-18(23)15-25-19-9-3-2-4-10-19/h2-5,7,9-10,12,17-18,22-23H,6,8,11,13-15H2,1H3/t17?,18-/m0/s1. The molecule has 0 saturated heterocycles. The lowest BCUT2D eigenvalue weighted by atomic mass is 10.0. The van der Waals surface area contributed by atoms with Gasteiger partial charge in [0.25, 0.3) is 0 Å². The molecular weight excluding hydrogens is 314 g/mol. The van der Waals surface area contributed by atoms with Gasteiger partial charge >= 0.3 is 0 Å².